The number of nitrogens with zero attached hydrogens (tertiary/aromatic N) is 1. The summed E-state index contributed by atoms with van der Waals surface area (Å²) < 4.78 is 38.9. The molecule has 0 N–H and O–H groups in total. The van der Waals surface area contributed by atoms with Crippen LogP contribution in [0.1, 0.15) is 23.2 Å². The van der Waals surface area contributed by atoms with Gasteiger partial charge in [0.05, 0.1) is 5.97 Å². The molecule has 0 aromatic heterocycles. The lowest BCUT2D eigenvalue weighted by Crippen LogP contribution is -2.29. The summed E-state index contributed by atoms with van der Waals surface area (Å²) in [6.07, 6.45) is 1.45. The van der Waals surface area contributed by atoms with E-state index < -0.39 is 26.7 Å². The number of hydrogen-bond acceptors (Lipinski definition) is 4. The quantitative estimate of drug-likeness (QED) is 0.774. The van der Waals surface area contributed by atoms with E-state index in [-0.39, 0.29) is 5.56 Å². The third kappa shape index (κ3) is 2.23. The molecule has 0 bridgehead atoms. The summed E-state index contributed by atoms with van der Waals surface area (Å²) in [5, 5.41) is 10.7. The second kappa shape index (κ2) is 4.66. The van der Waals surface area contributed by atoms with Gasteiger partial charge in [-0.05, 0) is 30.5 Å². The fraction of sp³-hybridized carbons (Fsp3) is 0.364. The van der Waals surface area contributed by atoms with Gasteiger partial charge in [-0.25, -0.2) is 12.8 Å². The van der Waals surface area contributed by atoms with Crippen LogP contribution in [0.3, 0.4) is 0 Å². The Hall–Kier alpha value is -1.47. The van der Waals surface area contributed by atoms with Crippen molar-refractivity contribution >= 4 is 16.0 Å². The maximum absolute atomic E-state index is 13.6. The molecule has 18 heavy (non-hydrogen) atoms. The van der Waals surface area contributed by atoms with Crippen LogP contribution in [0, 0.1) is 5.82 Å². The van der Waals surface area contributed by atoms with E-state index in [0.29, 0.717) is 13.1 Å². The van der Waals surface area contributed by atoms with Crippen molar-refractivity contribution in [3.05, 3.63) is 29.6 Å². The van der Waals surface area contributed by atoms with Crippen LogP contribution in [-0.4, -0.2) is 31.8 Å². The second-order valence-electron chi connectivity index (χ2n) is 4.04. The Kier molecular flexibility index (Phi) is 3.36. The Morgan fingerprint density at radius 1 is 1.28 bits per heavy atom. The fourth-order valence-corrected chi connectivity index (χ4v) is 3.50. The van der Waals surface area contributed by atoms with Gasteiger partial charge in [0, 0.05) is 13.1 Å². The topological polar surface area (TPSA) is 77.5 Å². The lowest BCUT2D eigenvalue weighted by atomic mass is 10.2. The molecule has 98 valence electrons. The number of benzene rings is 1. The summed E-state index contributed by atoms with van der Waals surface area (Å²) in [5.41, 5.74) is -0.353. The number of carboxylic acid groups (broad SMARTS) is 1. The lowest BCUT2D eigenvalue weighted by molar-refractivity contribution is -0.255. The highest BCUT2D eigenvalue weighted by molar-refractivity contribution is 7.89. The molecule has 2 rings (SSSR count). The van der Waals surface area contributed by atoms with Crippen molar-refractivity contribution in [2.24, 2.45) is 0 Å². The molecule has 1 aliphatic heterocycles. The fourth-order valence-electron chi connectivity index (χ4n) is 1.90. The number of rotatable bonds is 3. The summed E-state index contributed by atoms with van der Waals surface area (Å²) in [6.45, 7) is 0.661. The monoisotopic (exact) mass is 272 g/mol. The molecule has 1 aromatic carbocycles. The SMILES string of the molecule is O=C([O-])c1ccc(F)c(S(=O)(=O)N2CCCC2)c1. The van der Waals surface area contributed by atoms with Gasteiger partial charge in [0.15, 0.2) is 0 Å². The van der Waals surface area contributed by atoms with Crippen molar-refractivity contribution in [2.45, 2.75) is 17.7 Å². The van der Waals surface area contributed by atoms with E-state index >= 15 is 0 Å². The molecule has 7 heteroatoms. The van der Waals surface area contributed by atoms with Gasteiger partial charge >= 0.3 is 0 Å². The second-order valence-corrected chi connectivity index (χ2v) is 5.95. The third-order valence-electron chi connectivity index (χ3n) is 2.85. The van der Waals surface area contributed by atoms with E-state index in [2.05, 4.69) is 0 Å². The van der Waals surface area contributed by atoms with Crippen molar-refractivity contribution < 1.29 is 22.7 Å². The van der Waals surface area contributed by atoms with E-state index in [1.807, 2.05) is 0 Å². The Labute approximate surface area is 104 Å². The zero-order valence-electron chi connectivity index (χ0n) is 9.43. The van der Waals surface area contributed by atoms with Crippen LogP contribution in [0.4, 0.5) is 4.39 Å². The zero-order chi connectivity index (χ0) is 13.3. The first kappa shape index (κ1) is 13.0. The minimum Gasteiger partial charge on any atom is -0.545 e. The van der Waals surface area contributed by atoms with Gasteiger partial charge in [0.25, 0.3) is 0 Å². The molecule has 5 nitrogen and oxygen atoms in total. The molecule has 1 aliphatic rings. The minimum absolute atomic E-state index is 0.331. The number of aromatic carboxylic acids is 1. The van der Waals surface area contributed by atoms with Gasteiger partial charge in [0.1, 0.15) is 10.7 Å². The van der Waals surface area contributed by atoms with E-state index in [0.717, 1.165) is 35.3 Å². The van der Waals surface area contributed by atoms with Gasteiger partial charge in [0.2, 0.25) is 10.0 Å². The molecular formula is C11H11FNO4S-. The summed E-state index contributed by atoms with van der Waals surface area (Å²) >= 11 is 0. The molecular weight excluding hydrogens is 261 g/mol. The Balaban J connectivity index is 2.49. The van der Waals surface area contributed by atoms with Crippen LogP contribution in [0.5, 0.6) is 0 Å². The van der Waals surface area contributed by atoms with Crippen LogP contribution in [0.25, 0.3) is 0 Å². The molecule has 1 saturated heterocycles. The van der Waals surface area contributed by atoms with Gasteiger partial charge < -0.3 is 9.90 Å². The largest absolute Gasteiger partial charge is 0.545 e. The molecule has 1 heterocycles. The molecule has 0 unspecified atom stereocenters. The Bertz CT molecular complexity index is 579. The maximum atomic E-state index is 13.6. The maximum Gasteiger partial charge on any atom is 0.246 e. The van der Waals surface area contributed by atoms with Gasteiger partial charge in [-0.3, -0.25) is 0 Å². The number of carbonyl (C=O) groups excluding carboxylic acids is 1. The van der Waals surface area contributed by atoms with Gasteiger partial charge in [-0.2, -0.15) is 4.31 Å². The smallest absolute Gasteiger partial charge is 0.246 e. The summed E-state index contributed by atoms with van der Waals surface area (Å²) in [7, 11) is -3.96. The Morgan fingerprint density at radius 2 is 1.89 bits per heavy atom. The number of carbonyl (C=O) groups is 1. The average Bonchev–Trinajstić information content (AvgIpc) is 2.82. The van der Waals surface area contributed by atoms with Gasteiger partial charge in [-0.15, -0.1) is 0 Å². The molecule has 0 radical (unpaired) electrons. The van der Waals surface area contributed by atoms with Crippen LogP contribution < -0.4 is 5.11 Å². The standard InChI is InChI=1S/C11H12FNO4S/c12-9-4-3-8(11(14)15)7-10(9)18(16,17)13-5-1-2-6-13/h3-4,7H,1-2,5-6H2,(H,14,15)/p-1. The Morgan fingerprint density at radius 3 is 2.44 bits per heavy atom. The predicted molar refractivity (Wildman–Crippen MR) is 58.7 cm³/mol. The molecule has 0 aliphatic carbocycles. The molecule has 1 aromatic rings. The van der Waals surface area contributed by atoms with E-state index in [1.165, 1.54) is 0 Å². The highest BCUT2D eigenvalue weighted by Gasteiger charge is 2.29. The van der Waals surface area contributed by atoms with Crippen LogP contribution >= 0.6 is 0 Å². The van der Waals surface area contributed by atoms with Crippen molar-refractivity contribution in [3.63, 3.8) is 0 Å². The molecule has 0 atom stereocenters. The molecule has 0 saturated carbocycles. The number of halogens is 1. The van der Waals surface area contributed by atoms with E-state index in [9.17, 15) is 22.7 Å². The first-order chi connectivity index (χ1) is 8.43. The number of hydrogen-bond donors (Lipinski definition) is 0. The van der Waals surface area contributed by atoms with Crippen molar-refractivity contribution in [1.29, 1.82) is 0 Å². The van der Waals surface area contributed by atoms with Crippen molar-refractivity contribution in [2.75, 3.05) is 13.1 Å². The first-order valence-corrected chi connectivity index (χ1v) is 6.88. The number of carboxylic acids is 1. The van der Waals surface area contributed by atoms with Crippen LogP contribution in [0.15, 0.2) is 23.1 Å². The highest BCUT2D eigenvalue weighted by atomic mass is 32.2. The molecule has 0 spiro atoms. The van der Waals surface area contributed by atoms with Gasteiger partial charge in [-0.1, -0.05) is 6.07 Å². The third-order valence-corrected chi connectivity index (χ3v) is 4.76. The van der Waals surface area contributed by atoms with Crippen molar-refractivity contribution in [1.82, 2.24) is 4.31 Å². The summed E-state index contributed by atoms with van der Waals surface area (Å²) in [5.74, 6) is -2.49. The van der Waals surface area contributed by atoms with E-state index in [1.54, 1.807) is 0 Å². The number of sulfonamides is 1. The first-order valence-electron chi connectivity index (χ1n) is 5.44. The molecule has 1 fully saturated rings. The van der Waals surface area contributed by atoms with Crippen LogP contribution in [0.2, 0.25) is 0 Å². The van der Waals surface area contributed by atoms with Crippen LogP contribution in [-0.2, 0) is 10.0 Å². The average molecular weight is 272 g/mol. The predicted octanol–water partition coefficient (Wildman–Crippen LogP) is -0.0263. The normalized spacial score (nSPS) is 16.9. The zero-order valence-corrected chi connectivity index (χ0v) is 10.2. The molecule has 0 amide bonds. The summed E-state index contributed by atoms with van der Waals surface area (Å²) in [6, 6.07) is 2.61. The van der Waals surface area contributed by atoms with Crippen molar-refractivity contribution in [3.8, 4) is 0 Å². The lowest BCUT2D eigenvalue weighted by Gasteiger charge is -2.16. The minimum atomic E-state index is -3.96. The highest BCUT2D eigenvalue weighted by Crippen LogP contribution is 2.23. The van der Waals surface area contributed by atoms with E-state index in [4.69, 9.17) is 0 Å². The summed E-state index contributed by atoms with van der Waals surface area (Å²) in [4.78, 5) is 10.1.